The summed E-state index contributed by atoms with van der Waals surface area (Å²) in [4.78, 5) is 2.83. The Morgan fingerprint density at radius 2 is 1.80 bits per heavy atom. The van der Waals surface area contributed by atoms with Crippen LogP contribution in [0.25, 0.3) is 0 Å². The fraction of sp³-hybridized carbons (Fsp3) is 0.455. The molecule has 1 aromatic carbocycles. The normalized spacial score (nSPS) is 10.4. The Labute approximate surface area is 95.8 Å². The van der Waals surface area contributed by atoms with Gasteiger partial charge in [0.2, 0.25) is 0 Å². The van der Waals surface area contributed by atoms with E-state index in [-0.39, 0.29) is 13.2 Å². The van der Waals surface area contributed by atoms with E-state index in [4.69, 9.17) is 10.2 Å². The number of nitrogens with zero attached hydrogens (tertiary/aromatic N) is 1. The van der Waals surface area contributed by atoms with Gasteiger partial charge in [0.1, 0.15) is 0 Å². The molecule has 0 saturated heterocycles. The first-order valence-electron chi connectivity index (χ1n) is 4.96. The van der Waals surface area contributed by atoms with E-state index in [1.165, 1.54) is 0 Å². The summed E-state index contributed by atoms with van der Waals surface area (Å²) in [7, 11) is 0. The molecule has 0 heterocycles. The van der Waals surface area contributed by atoms with Gasteiger partial charge in [0.05, 0.1) is 18.9 Å². The third-order valence-corrected chi connectivity index (χ3v) is 2.88. The second-order valence-corrected chi connectivity index (χ2v) is 3.82. The molecule has 0 unspecified atom stereocenters. The van der Waals surface area contributed by atoms with Gasteiger partial charge in [-0.15, -0.1) is 12.6 Å². The molecule has 0 radical (unpaired) electrons. The molecule has 0 saturated carbocycles. The maximum atomic E-state index is 8.94. The highest BCUT2D eigenvalue weighted by molar-refractivity contribution is 7.80. The van der Waals surface area contributed by atoms with Gasteiger partial charge in [-0.2, -0.15) is 0 Å². The molecule has 15 heavy (non-hydrogen) atoms. The maximum Gasteiger partial charge on any atom is 0.0606 e. The number of benzene rings is 1. The number of hydrogen-bond donors (Lipinski definition) is 3. The summed E-state index contributed by atoms with van der Waals surface area (Å²) in [6, 6.07) is 5.88. The molecule has 0 amide bonds. The average molecular weight is 227 g/mol. The molecular formula is C11H17NO2S. The Balaban J connectivity index is 2.94. The second-order valence-electron chi connectivity index (χ2n) is 3.38. The van der Waals surface area contributed by atoms with Crippen molar-refractivity contribution in [1.29, 1.82) is 0 Å². The lowest BCUT2D eigenvalue weighted by atomic mass is 10.2. The Bertz CT molecular complexity index is 311. The first-order valence-corrected chi connectivity index (χ1v) is 5.40. The van der Waals surface area contributed by atoms with Crippen molar-refractivity contribution in [3.8, 4) is 0 Å². The lowest BCUT2D eigenvalue weighted by molar-refractivity contribution is 0.281. The number of aryl methyl sites for hydroxylation is 1. The van der Waals surface area contributed by atoms with Crippen LogP contribution in [0.2, 0.25) is 0 Å². The lowest BCUT2D eigenvalue weighted by Gasteiger charge is -2.25. The van der Waals surface area contributed by atoms with Gasteiger partial charge < -0.3 is 15.1 Å². The molecule has 0 aliphatic carbocycles. The minimum absolute atomic E-state index is 0.0706. The van der Waals surface area contributed by atoms with E-state index in [0.29, 0.717) is 13.1 Å². The van der Waals surface area contributed by atoms with Gasteiger partial charge in [-0.1, -0.05) is 12.1 Å². The third kappa shape index (κ3) is 3.12. The van der Waals surface area contributed by atoms with Crippen molar-refractivity contribution < 1.29 is 10.2 Å². The molecule has 0 bridgehead atoms. The fourth-order valence-corrected chi connectivity index (χ4v) is 1.78. The van der Waals surface area contributed by atoms with Crippen molar-refractivity contribution in [3.05, 3.63) is 23.8 Å². The van der Waals surface area contributed by atoms with E-state index in [9.17, 15) is 0 Å². The number of anilines is 1. The van der Waals surface area contributed by atoms with Gasteiger partial charge in [0, 0.05) is 18.0 Å². The fourth-order valence-electron chi connectivity index (χ4n) is 1.49. The summed E-state index contributed by atoms with van der Waals surface area (Å²) in [6.07, 6.45) is 0. The van der Waals surface area contributed by atoms with Crippen LogP contribution >= 0.6 is 12.6 Å². The minimum Gasteiger partial charge on any atom is -0.395 e. The standard InChI is InChI=1S/C11H17NO2S/c1-9-3-2-4-10(11(9)15)12(5-7-13)6-8-14/h2-4,13-15H,5-8H2,1H3. The topological polar surface area (TPSA) is 43.7 Å². The first kappa shape index (κ1) is 12.4. The van der Waals surface area contributed by atoms with Crippen LogP contribution in [0, 0.1) is 6.92 Å². The van der Waals surface area contributed by atoms with E-state index in [1.807, 2.05) is 30.0 Å². The van der Waals surface area contributed by atoms with E-state index < -0.39 is 0 Å². The molecule has 0 atom stereocenters. The van der Waals surface area contributed by atoms with Crippen LogP contribution in [-0.2, 0) is 0 Å². The van der Waals surface area contributed by atoms with Crippen molar-refractivity contribution in [2.45, 2.75) is 11.8 Å². The van der Waals surface area contributed by atoms with Crippen molar-refractivity contribution in [1.82, 2.24) is 0 Å². The predicted molar refractivity (Wildman–Crippen MR) is 64.8 cm³/mol. The van der Waals surface area contributed by atoms with E-state index in [0.717, 1.165) is 16.1 Å². The summed E-state index contributed by atoms with van der Waals surface area (Å²) in [6.45, 7) is 3.15. The summed E-state index contributed by atoms with van der Waals surface area (Å²) >= 11 is 4.43. The van der Waals surface area contributed by atoms with Crippen molar-refractivity contribution in [3.63, 3.8) is 0 Å². The zero-order chi connectivity index (χ0) is 11.3. The van der Waals surface area contributed by atoms with Gasteiger partial charge in [-0.05, 0) is 18.6 Å². The second kappa shape index (κ2) is 6.00. The van der Waals surface area contributed by atoms with Gasteiger partial charge in [-0.25, -0.2) is 0 Å². The summed E-state index contributed by atoms with van der Waals surface area (Å²) in [5, 5.41) is 17.9. The molecule has 1 rings (SSSR count). The van der Waals surface area contributed by atoms with Crippen LogP contribution in [0.15, 0.2) is 23.1 Å². The van der Waals surface area contributed by atoms with Crippen LogP contribution in [-0.4, -0.2) is 36.5 Å². The molecule has 3 nitrogen and oxygen atoms in total. The number of rotatable bonds is 5. The Hall–Kier alpha value is -0.710. The minimum atomic E-state index is 0.0706. The molecule has 4 heteroatoms. The van der Waals surface area contributed by atoms with Crippen molar-refractivity contribution in [2.24, 2.45) is 0 Å². The largest absolute Gasteiger partial charge is 0.395 e. The van der Waals surface area contributed by atoms with Crippen LogP contribution in [0.4, 0.5) is 5.69 Å². The zero-order valence-electron chi connectivity index (χ0n) is 8.85. The van der Waals surface area contributed by atoms with Crippen LogP contribution in [0.1, 0.15) is 5.56 Å². The highest BCUT2D eigenvalue weighted by atomic mass is 32.1. The SMILES string of the molecule is Cc1cccc(N(CCO)CCO)c1S. The average Bonchev–Trinajstić information content (AvgIpc) is 2.22. The summed E-state index contributed by atoms with van der Waals surface area (Å²) < 4.78 is 0. The van der Waals surface area contributed by atoms with Crippen molar-refractivity contribution >= 4 is 18.3 Å². The number of hydrogen-bond acceptors (Lipinski definition) is 4. The van der Waals surface area contributed by atoms with E-state index in [2.05, 4.69) is 12.6 Å². The molecule has 0 aliphatic heterocycles. The number of aliphatic hydroxyl groups is 2. The maximum absolute atomic E-state index is 8.94. The molecule has 1 aromatic rings. The van der Waals surface area contributed by atoms with Crippen LogP contribution in [0.5, 0.6) is 0 Å². The summed E-state index contributed by atoms with van der Waals surface area (Å²) in [5.41, 5.74) is 2.05. The molecule has 0 fully saturated rings. The van der Waals surface area contributed by atoms with Crippen molar-refractivity contribution in [2.75, 3.05) is 31.2 Å². The third-order valence-electron chi connectivity index (χ3n) is 2.30. The molecule has 0 spiro atoms. The first-order chi connectivity index (χ1) is 7.20. The Kier molecular flexibility index (Phi) is 4.94. The van der Waals surface area contributed by atoms with Crippen LogP contribution in [0.3, 0.4) is 0 Å². The number of thiol groups is 1. The van der Waals surface area contributed by atoms with E-state index in [1.54, 1.807) is 0 Å². The molecule has 84 valence electrons. The molecule has 0 aromatic heterocycles. The molecule has 0 aliphatic rings. The van der Waals surface area contributed by atoms with Gasteiger partial charge >= 0.3 is 0 Å². The monoisotopic (exact) mass is 227 g/mol. The van der Waals surface area contributed by atoms with Gasteiger partial charge in [-0.3, -0.25) is 0 Å². The summed E-state index contributed by atoms with van der Waals surface area (Å²) in [5.74, 6) is 0. The lowest BCUT2D eigenvalue weighted by Crippen LogP contribution is -2.30. The zero-order valence-corrected chi connectivity index (χ0v) is 9.74. The Morgan fingerprint density at radius 3 is 2.33 bits per heavy atom. The molecule has 2 N–H and O–H groups in total. The highest BCUT2D eigenvalue weighted by Crippen LogP contribution is 2.26. The molecular weight excluding hydrogens is 210 g/mol. The highest BCUT2D eigenvalue weighted by Gasteiger charge is 2.09. The van der Waals surface area contributed by atoms with Crippen LogP contribution < -0.4 is 4.90 Å². The smallest absolute Gasteiger partial charge is 0.0606 e. The predicted octanol–water partition coefficient (Wildman–Crippen LogP) is 1.07. The quantitative estimate of drug-likeness (QED) is 0.659. The Morgan fingerprint density at radius 1 is 1.20 bits per heavy atom. The van der Waals surface area contributed by atoms with Gasteiger partial charge in [0.25, 0.3) is 0 Å². The number of aliphatic hydroxyl groups excluding tert-OH is 2. The van der Waals surface area contributed by atoms with E-state index >= 15 is 0 Å². The van der Waals surface area contributed by atoms with Gasteiger partial charge in [0.15, 0.2) is 0 Å².